The quantitative estimate of drug-likeness (QED) is 0.753. The summed E-state index contributed by atoms with van der Waals surface area (Å²) in [4.78, 5) is 3.38. The van der Waals surface area contributed by atoms with Gasteiger partial charge in [0.25, 0.3) is 0 Å². The van der Waals surface area contributed by atoms with Gasteiger partial charge in [0, 0.05) is 16.9 Å². The molecule has 2 aromatic carbocycles. The molecule has 0 aliphatic rings. The molecule has 1 heterocycles. The second-order valence-corrected chi connectivity index (χ2v) is 5.00. The molecule has 0 amide bonds. The van der Waals surface area contributed by atoms with E-state index in [0.717, 1.165) is 11.3 Å². The highest BCUT2D eigenvalue weighted by Gasteiger charge is 2.38. The summed E-state index contributed by atoms with van der Waals surface area (Å²) in [6.45, 7) is 1.97. The molecule has 0 aliphatic carbocycles. The van der Waals surface area contributed by atoms with Crippen molar-refractivity contribution in [3.05, 3.63) is 60.0 Å². The van der Waals surface area contributed by atoms with Crippen LogP contribution in [-0.2, 0) is 6.18 Å². The van der Waals surface area contributed by atoms with E-state index < -0.39 is 12.1 Å². The zero-order valence-electron chi connectivity index (χ0n) is 12.1. The Bertz CT molecular complexity index is 827. The van der Waals surface area contributed by atoms with E-state index in [0.29, 0.717) is 11.3 Å². The molecule has 3 rings (SSSR count). The van der Waals surface area contributed by atoms with Gasteiger partial charge in [0.1, 0.15) is 0 Å². The molecule has 1 N–H and O–H groups in total. The zero-order valence-corrected chi connectivity index (χ0v) is 12.1. The van der Waals surface area contributed by atoms with E-state index in [2.05, 4.69) is 20.0 Å². The molecule has 0 unspecified atom stereocenters. The highest BCUT2D eigenvalue weighted by Crippen LogP contribution is 2.30. The molecule has 23 heavy (non-hydrogen) atoms. The van der Waals surface area contributed by atoms with Gasteiger partial charge in [-0.25, -0.2) is 0 Å². The lowest BCUT2D eigenvalue weighted by molar-refractivity contribution is -0.159. The molecule has 118 valence electrons. The molecular weight excluding hydrogens is 307 g/mol. The third-order valence-corrected chi connectivity index (χ3v) is 3.10. The number of aromatic nitrogens is 2. The van der Waals surface area contributed by atoms with Crippen molar-refractivity contribution >= 4 is 11.4 Å². The number of nitrogens with zero attached hydrogens (tertiary/aromatic N) is 2. The standard InChI is InChI=1S/C16H12F3N3O/c1-10-4-2-6-12(8-10)20-13-7-3-5-11(9-13)14-21-15(23-22-14)16(17,18)19/h2-9,20H,1H3. The average molecular weight is 319 g/mol. The van der Waals surface area contributed by atoms with Gasteiger partial charge in [0.2, 0.25) is 5.82 Å². The van der Waals surface area contributed by atoms with Crippen LogP contribution in [0.2, 0.25) is 0 Å². The fraction of sp³-hybridized carbons (Fsp3) is 0.125. The number of anilines is 2. The predicted molar refractivity (Wildman–Crippen MR) is 79.2 cm³/mol. The topological polar surface area (TPSA) is 51.0 Å². The molecule has 7 heteroatoms. The fourth-order valence-corrected chi connectivity index (χ4v) is 2.08. The SMILES string of the molecule is Cc1cccc(Nc2cccc(-c3noc(C(F)(F)F)n3)c2)c1. The molecule has 1 aromatic heterocycles. The molecule has 0 radical (unpaired) electrons. The van der Waals surface area contributed by atoms with Crippen LogP contribution in [0.15, 0.2) is 53.1 Å². The van der Waals surface area contributed by atoms with Crippen LogP contribution >= 0.6 is 0 Å². The second-order valence-electron chi connectivity index (χ2n) is 5.00. The minimum atomic E-state index is -4.65. The van der Waals surface area contributed by atoms with E-state index in [-0.39, 0.29) is 5.82 Å². The van der Waals surface area contributed by atoms with Crippen LogP contribution in [0.5, 0.6) is 0 Å². The molecule has 0 aliphatic heterocycles. The number of halogens is 3. The number of nitrogens with one attached hydrogen (secondary N) is 1. The fourth-order valence-electron chi connectivity index (χ4n) is 2.08. The summed E-state index contributed by atoms with van der Waals surface area (Å²) < 4.78 is 41.8. The highest BCUT2D eigenvalue weighted by molar-refractivity contribution is 5.67. The van der Waals surface area contributed by atoms with Crippen LogP contribution in [0.25, 0.3) is 11.4 Å². The first-order chi connectivity index (χ1) is 10.9. The first-order valence-electron chi connectivity index (χ1n) is 6.77. The van der Waals surface area contributed by atoms with Gasteiger partial charge in [-0.2, -0.15) is 18.2 Å². The number of hydrogen-bond acceptors (Lipinski definition) is 4. The van der Waals surface area contributed by atoms with Crippen LogP contribution in [0.3, 0.4) is 0 Å². The Morgan fingerprint density at radius 2 is 1.70 bits per heavy atom. The van der Waals surface area contributed by atoms with Gasteiger partial charge in [-0.1, -0.05) is 29.4 Å². The van der Waals surface area contributed by atoms with E-state index in [9.17, 15) is 13.2 Å². The zero-order chi connectivity index (χ0) is 16.4. The minimum Gasteiger partial charge on any atom is -0.355 e. The normalized spacial score (nSPS) is 11.5. The van der Waals surface area contributed by atoms with Crippen LogP contribution in [0.4, 0.5) is 24.5 Å². The first kappa shape index (κ1) is 15.1. The maximum atomic E-state index is 12.5. The van der Waals surface area contributed by atoms with Crippen molar-refractivity contribution < 1.29 is 17.7 Å². The third-order valence-electron chi connectivity index (χ3n) is 3.10. The van der Waals surface area contributed by atoms with E-state index in [1.54, 1.807) is 24.3 Å². The lowest BCUT2D eigenvalue weighted by atomic mass is 10.1. The lowest BCUT2D eigenvalue weighted by Gasteiger charge is -2.08. The summed E-state index contributed by atoms with van der Waals surface area (Å²) in [7, 11) is 0. The molecule has 0 spiro atoms. The smallest absolute Gasteiger partial charge is 0.355 e. The number of aryl methyl sites for hydroxylation is 1. The molecule has 0 bridgehead atoms. The maximum absolute atomic E-state index is 12.5. The number of benzene rings is 2. The van der Waals surface area contributed by atoms with Gasteiger partial charge in [-0.15, -0.1) is 0 Å². The van der Waals surface area contributed by atoms with Crippen molar-refractivity contribution in [3.8, 4) is 11.4 Å². The Morgan fingerprint density at radius 3 is 2.35 bits per heavy atom. The lowest BCUT2D eigenvalue weighted by Crippen LogP contribution is -2.04. The van der Waals surface area contributed by atoms with E-state index in [4.69, 9.17) is 0 Å². The van der Waals surface area contributed by atoms with Crippen molar-refractivity contribution in [2.75, 3.05) is 5.32 Å². The monoisotopic (exact) mass is 319 g/mol. The van der Waals surface area contributed by atoms with E-state index in [1.807, 2.05) is 31.2 Å². The minimum absolute atomic E-state index is 0.106. The molecule has 4 nitrogen and oxygen atoms in total. The number of rotatable bonds is 3. The first-order valence-corrected chi connectivity index (χ1v) is 6.77. The Hall–Kier alpha value is -2.83. The molecule has 0 saturated carbocycles. The van der Waals surface area contributed by atoms with Gasteiger partial charge in [0.05, 0.1) is 0 Å². The van der Waals surface area contributed by atoms with Crippen LogP contribution < -0.4 is 5.32 Å². The van der Waals surface area contributed by atoms with Crippen molar-refractivity contribution in [2.24, 2.45) is 0 Å². The summed E-state index contributed by atoms with van der Waals surface area (Å²) in [5.41, 5.74) is 3.12. The summed E-state index contributed by atoms with van der Waals surface area (Å²) in [5, 5.41) is 6.56. The highest BCUT2D eigenvalue weighted by atomic mass is 19.4. The molecular formula is C16H12F3N3O. The Kier molecular flexibility index (Phi) is 3.77. The van der Waals surface area contributed by atoms with Crippen LogP contribution in [0.1, 0.15) is 11.5 Å². The summed E-state index contributed by atoms with van der Waals surface area (Å²) >= 11 is 0. The van der Waals surface area contributed by atoms with Crippen molar-refractivity contribution in [1.29, 1.82) is 0 Å². The van der Waals surface area contributed by atoms with Gasteiger partial charge in [-0.05, 0) is 36.8 Å². The Labute approximate surface area is 130 Å². The Morgan fingerprint density at radius 1 is 1.00 bits per heavy atom. The van der Waals surface area contributed by atoms with E-state index >= 15 is 0 Å². The maximum Gasteiger partial charge on any atom is 0.471 e. The molecule has 0 atom stereocenters. The molecule has 0 saturated heterocycles. The Balaban J connectivity index is 1.86. The third kappa shape index (κ3) is 3.50. The van der Waals surface area contributed by atoms with Gasteiger partial charge in [-0.3, -0.25) is 0 Å². The molecule has 3 aromatic rings. The summed E-state index contributed by atoms with van der Waals surface area (Å²) in [6, 6.07) is 14.5. The van der Waals surface area contributed by atoms with Crippen LogP contribution in [0, 0.1) is 6.92 Å². The summed E-state index contributed by atoms with van der Waals surface area (Å²) in [6.07, 6.45) is -4.65. The predicted octanol–water partition coefficient (Wildman–Crippen LogP) is 4.81. The molecule has 0 fully saturated rings. The number of hydrogen-bond donors (Lipinski definition) is 1. The van der Waals surface area contributed by atoms with Gasteiger partial charge < -0.3 is 9.84 Å². The largest absolute Gasteiger partial charge is 0.471 e. The number of alkyl halides is 3. The van der Waals surface area contributed by atoms with Crippen LogP contribution in [-0.4, -0.2) is 10.1 Å². The van der Waals surface area contributed by atoms with Gasteiger partial charge in [0.15, 0.2) is 0 Å². The van der Waals surface area contributed by atoms with E-state index in [1.165, 1.54) is 0 Å². The van der Waals surface area contributed by atoms with Crippen molar-refractivity contribution in [2.45, 2.75) is 13.1 Å². The summed E-state index contributed by atoms with van der Waals surface area (Å²) in [5.74, 6) is -1.46. The van der Waals surface area contributed by atoms with Gasteiger partial charge >= 0.3 is 12.1 Å². The van der Waals surface area contributed by atoms with Crippen molar-refractivity contribution in [3.63, 3.8) is 0 Å². The second kappa shape index (κ2) is 5.75. The average Bonchev–Trinajstić information content (AvgIpc) is 2.97. The van der Waals surface area contributed by atoms with Crippen molar-refractivity contribution in [1.82, 2.24) is 10.1 Å².